The number of methoxy groups -OCH3 is 3. The molecule has 0 radical (unpaired) electrons. The zero-order chi connectivity index (χ0) is 29.0. The Hall–Kier alpha value is -4.38. The molecule has 214 valence electrons. The van der Waals surface area contributed by atoms with Gasteiger partial charge in [-0.25, -0.2) is 4.79 Å². The molecule has 0 saturated carbocycles. The first-order valence-electron chi connectivity index (χ1n) is 13.2. The molecule has 10 nitrogen and oxygen atoms in total. The van der Waals surface area contributed by atoms with Gasteiger partial charge in [0, 0.05) is 12.6 Å². The van der Waals surface area contributed by atoms with Crippen LogP contribution in [0.15, 0.2) is 89.9 Å². The van der Waals surface area contributed by atoms with Crippen molar-refractivity contribution in [2.75, 3.05) is 33.3 Å². The van der Waals surface area contributed by atoms with Crippen molar-refractivity contribution < 1.29 is 29.2 Å². The van der Waals surface area contributed by atoms with Gasteiger partial charge in [0.25, 0.3) is 0 Å². The third-order valence-electron chi connectivity index (χ3n) is 7.41. The zero-order valence-corrected chi connectivity index (χ0v) is 23.1. The van der Waals surface area contributed by atoms with Gasteiger partial charge < -0.3 is 34.5 Å². The smallest absolute Gasteiger partial charge is 0.351 e. The van der Waals surface area contributed by atoms with Crippen molar-refractivity contribution in [1.82, 2.24) is 9.55 Å². The van der Waals surface area contributed by atoms with Gasteiger partial charge in [0.2, 0.25) is 0 Å². The maximum atomic E-state index is 13.2. The topological polar surface area (TPSA) is 124 Å². The highest BCUT2D eigenvalue weighted by molar-refractivity contribution is 5.59. The van der Waals surface area contributed by atoms with E-state index in [1.54, 1.807) is 33.6 Å². The number of aromatic nitrogens is 2. The summed E-state index contributed by atoms with van der Waals surface area (Å²) in [6.45, 7) is -0.340. The minimum absolute atomic E-state index is 0.174. The number of rotatable bonds is 10. The van der Waals surface area contributed by atoms with Crippen LogP contribution < -0.4 is 25.2 Å². The predicted octanol–water partition coefficient (Wildman–Crippen LogP) is 3.31. The molecule has 0 spiro atoms. The first-order valence-corrected chi connectivity index (χ1v) is 13.2. The van der Waals surface area contributed by atoms with E-state index in [-0.39, 0.29) is 13.0 Å². The number of ether oxygens (including phenoxy) is 4. The molecule has 4 aromatic rings. The molecule has 0 amide bonds. The second-order valence-corrected chi connectivity index (χ2v) is 9.68. The number of aliphatic hydroxyl groups excluding tert-OH is 2. The van der Waals surface area contributed by atoms with Gasteiger partial charge in [-0.2, -0.15) is 4.98 Å². The molecule has 3 atom stereocenters. The summed E-state index contributed by atoms with van der Waals surface area (Å²) in [4.78, 5) is 17.6. The van der Waals surface area contributed by atoms with Gasteiger partial charge in [0.1, 0.15) is 40.9 Å². The van der Waals surface area contributed by atoms with Gasteiger partial charge in [-0.1, -0.05) is 36.4 Å². The third kappa shape index (κ3) is 5.49. The van der Waals surface area contributed by atoms with E-state index in [2.05, 4.69) is 10.3 Å². The minimum atomic E-state index is -1.00. The maximum absolute atomic E-state index is 13.2. The normalized spacial score (nSPS) is 18.6. The lowest BCUT2D eigenvalue weighted by atomic mass is 9.77. The Morgan fingerprint density at radius 3 is 1.68 bits per heavy atom. The Bertz CT molecular complexity index is 1390. The fourth-order valence-corrected chi connectivity index (χ4v) is 5.18. The van der Waals surface area contributed by atoms with E-state index in [1.807, 2.05) is 72.8 Å². The highest BCUT2D eigenvalue weighted by Gasteiger charge is 2.38. The number of hydrogen-bond acceptors (Lipinski definition) is 9. The molecule has 3 aromatic carbocycles. The standard InChI is InChI=1S/C31H33N3O7/c1-38-23-10-4-20(5-11-23)31(21-6-12-24(39-2)13-7-21,22-8-14-25(40-3)15-9-22)33-28-16-17-34(30(37)32-28)29-18-26(36)27(19-35)41-29/h4-17,26-27,29,35-36H,18-19H2,1-3H3,(H,32,33,37)/t26-,27+,29+/m0/s1. The van der Waals surface area contributed by atoms with Crippen LogP contribution in [0.1, 0.15) is 29.3 Å². The fourth-order valence-electron chi connectivity index (χ4n) is 5.18. The van der Waals surface area contributed by atoms with E-state index < -0.39 is 29.7 Å². The fraction of sp³-hybridized carbons (Fsp3) is 0.290. The number of benzene rings is 3. The summed E-state index contributed by atoms with van der Waals surface area (Å²) >= 11 is 0. The van der Waals surface area contributed by atoms with Crippen molar-refractivity contribution in [3.05, 3.63) is 112 Å². The van der Waals surface area contributed by atoms with E-state index in [0.29, 0.717) is 23.1 Å². The molecule has 1 fully saturated rings. The molecule has 0 aliphatic carbocycles. The SMILES string of the molecule is COc1ccc(C(Nc2ccn([C@H]3C[C@H](O)[C@@H](CO)O3)c(=O)n2)(c2ccc(OC)cc2)c2ccc(OC)cc2)cc1. The van der Waals surface area contributed by atoms with Crippen LogP contribution >= 0.6 is 0 Å². The van der Waals surface area contributed by atoms with Crippen LogP contribution in [-0.2, 0) is 10.3 Å². The molecule has 1 aliphatic heterocycles. The summed E-state index contributed by atoms with van der Waals surface area (Å²) in [5, 5.41) is 23.2. The summed E-state index contributed by atoms with van der Waals surface area (Å²) in [7, 11) is 4.84. The molecular weight excluding hydrogens is 526 g/mol. The van der Waals surface area contributed by atoms with E-state index in [9.17, 15) is 15.0 Å². The largest absolute Gasteiger partial charge is 0.497 e. The first-order chi connectivity index (χ1) is 19.9. The van der Waals surface area contributed by atoms with Gasteiger partial charge in [-0.15, -0.1) is 0 Å². The van der Waals surface area contributed by atoms with E-state index in [4.69, 9.17) is 18.9 Å². The van der Waals surface area contributed by atoms with Crippen LogP contribution in [0.3, 0.4) is 0 Å². The summed E-state index contributed by atoms with van der Waals surface area (Å²) in [6.07, 6.45) is -0.603. The summed E-state index contributed by atoms with van der Waals surface area (Å²) in [5.74, 6) is 2.43. The molecule has 1 aliphatic rings. The van der Waals surface area contributed by atoms with Crippen molar-refractivity contribution in [2.24, 2.45) is 0 Å². The van der Waals surface area contributed by atoms with E-state index >= 15 is 0 Å². The van der Waals surface area contributed by atoms with Crippen LogP contribution in [0.2, 0.25) is 0 Å². The second-order valence-electron chi connectivity index (χ2n) is 9.68. The molecule has 1 aromatic heterocycles. The lowest BCUT2D eigenvalue weighted by Gasteiger charge is -2.37. The first kappa shape index (κ1) is 28.2. The van der Waals surface area contributed by atoms with Gasteiger partial charge >= 0.3 is 5.69 Å². The lowest BCUT2D eigenvalue weighted by Crippen LogP contribution is -2.39. The number of nitrogens with zero attached hydrogens (tertiary/aromatic N) is 2. The maximum Gasteiger partial charge on any atom is 0.351 e. The Labute approximate surface area is 237 Å². The third-order valence-corrected chi connectivity index (χ3v) is 7.41. The van der Waals surface area contributed by atoms with Gasteiger partial charge in [0.05, 0.1) is 34.0 Å². The van der Waals surface area contributed by atoms with Crippen LogP contribution in [0.4, 0.5) is 5.82 Å². The quantitative estimate of drug-likeness (QED) is 0.251. The molecular formula is C31H33N3O7. The number of hydrogen-bond donors (Lipinski definition) is 3. The van der Waals surface area contributed by atoms with Crippen molar-refractivity contribution in [2.45, 2.75) is 30.4 Å². The molecule has 2 heterocycles. The summed E-state index contributed by atoms with van der Waals surface area (Å²) in [6, 6.07) is 24.7. The highest BCUT2D eigenvalue weighted by Crippen LogP contribution is 2.41. The molecule has 10 heteroatoms. The van der Waals surface area contributed by atoms with Gasteiger partial charge in [-0.05, 0) is 59.2 Å². The monoisotopic (exact) mass is 559 g/mol. The minimum Gasteiger partial charge on any atom is -0.497 e. The number of nitrogens with one attached hydrogen (secondary N) is 1. The molecule has 41 heavy (non-hydrogen) atoms. The zero-order valence-electron chi connectivity index (χ0n) is 23.1. The van der Waals surface area contributed by atoms with Gasteiger partial charge in [0.15, 0.2) is 0 Å². The molecule has 0 bridgehead atoms. The highest BCUT2D eigenvalue weighted by atomic mass is 16.5. The van der Waals surface area contributed by atoms with Crippen LogP contribution in [-0.4, -0.2) is 59.9 Å². The Morgan fingerprint density at radius 2 is 1.32 bits per heavy atom. The summed E-state index contributed by atoms with van der Waals surface area (Å²) < 4.78 is 23.2. The lowest BCUT2D eigenvalue weighted by molar-refractivity contribution is -0.0458. The van der Waals surface area contributed by atoms with E-state index in [1.165, 1.54) is 4.57 Å². The molecule has 5 rings (SSSR count). The average molecular weight is 560 g/mol. The Morgan fingerprint density at radius 1 is 0.854 bits per heavy atom. The van der Waals surface area contributed by atoms with Crippen LogP contribution in [0.5, 0.6) is 17.2 Å². The van der Waals surface area contributed by atoms with Crippen LogP contribution in [0, 0.1) is 0 Å². The Balaban J connectivity index is 1.65. The number of anilines is 1. The van der Waals surface area contributed by atoms with Crippen LogP contribution in [0.25, 0.3) is 0 Å². The van der Waals surface area contributed by atoms with Crippen molar-refractivity contribution >= 4 is 5.82 Å². The Kier molecular flexibility index (Phi) is 8.25. The van der Waals surface area contributed by atoms with Gasteiger partial charge in [-0.3, -0.25) is 4.57 Å². The van der Waals surface area contributed by atoms with Crippen molar-refractivity contribution in [3.8, 4) is 17.2 Å². The predicted molar refractivity (Wildman–Crippen MR) is 153 cm³/mol. The average Bonchev–Trinajstić information content (AvgIpc) is 3.40. The summed E-state index contributed by atoms with van der Waals surface area (Å²) in [5.41, 5.74) is 1.05. The van der Waals surface area contributed by atoms with E-state index in [0.717, 1.165) is 16.7 Å². The van der Waals surface area contributed by atoms with Crippen molar-refractivity contribution in [1.29, 1.82) is 0 Å². The second kappa shape index (κ2) is 12.0. The molecule has 3 N–H and O–H groups in total. The molecule has 0 unspecified atom stereocenters. The molecule has 1 saturated heterocycles. The van der Waals surface area contributed by atoms with Crippen molar-refractivity contribution in [3.63, 3.8) is 0 Å². The number of aliphatic hydroxyl groups is 2.